The second-order valence-corrected chi connectivity index (χ2v) is 4.27. The first-order valence-corrected chi connectivity index (χ1v) is 6.06. The van der Waals surface area contributed by atoms with E-state index in [4.69, 9.17) is 10.00 Å². The van der Waals surface area contributed by atoms with Crippen molar-refractivity contribution in [2.75, 3.05) is 12.4 Å². The molecular formula is C11H17NO2S. The van der Waals surface area contributed by atoms with Crippen LogP contribution in [0.5, 0.6) is 0 Å². The molecule has 0 aliphatic rings. The van der Waals surface area contributed by atoms with Crippen LogP contribution in [0.4, 0.5) is 0 Å². The van der Waals surface area contributed by atoms with Gasteiger partial charge in [-0.2, -0.15) is 5.26 Å². The molecule has 0 aromatic rings. The molecular weight excluding hydrogens is 210 g/mol. The van der Waals surface area contributed by atoms with Crippen LogP contribution in [-0.2, 0) is 9.53 Å². The van der Waals surface area contributed by atoms with Crippen molar-refractivity contribution in [3.05, 3.63) is 10.5 Å². The van der Waals surface area contributed by atoms with Gasteiger partial charge < -0.3 is 4.74 Å². The molecule has 15 heavy (non-hydrogen) atoms. The zero-order chi connectivity index (χ0) is 11.7. The third kappa shape index (κ3) is 5.48. The minimum absolute atomic E-state index is 0.137. The summed E-state index contributed by atoms with van der Waals surface area (Å²) in [6, 6.07) is 1.90. The maximum atomic E-state index is 11.3. The molecule has 0 unspecified atom stereocenters. The van der Waals surface area contributed by atoms with Crippen molar-refractivity contribution in [2.24, 2.45) is 0 Å². The molecule has 0 atom stereocenters. The van der Waals surface area contributed by atoms with Crippen LogP contribution in [0, 0.1) is 11.3 Å². The summed E-state index contributed by atoms with van der Waals surface area (Å²) >= 11 is 1.54. The van der Waals surface area contributed by atoms with Crippen LogP contribution >= 0.6 is 11.8 Å². The van der Waals surface area contributed by atoms with E-state index in [2.05, 4.69) is 6.92 Å². The Hall–Kier alpha value is -0.950. The molecule has 0 saturated heterocycles. The first-order chi connectivity index (χ1) is 7.17. The summed E-state index contributed by atoms with van der Waals surface area (Å²) in [5.74, 6) is 0.425. The Bertz CT molecular complexity index is 279. The SMILES string of the molecule is CCCCSC(C)=C(C#N)C(=O)OCC. The predicted molar refractivity (Wildman–Crippen MR) is 62.3 cm³/mol. The molecule has 0 aliphatic heterocycles. The number of carbonyl (C=O) groups is 1. The van der Waals surface area contributed by atoms with Crippen LogP contribution in [0.3, 0.4) is 0 Å². The van der Waals surface area contributed by atoms with Gasteiger partial charge in [0.15, 0.2) is 0 Å². The minimum Gasteiger partial charge on any atom is -0.462 e. The smallest absolute Gasteiger partial charge is 0.349 e. The lowest BCUT2D eigenvalue weighted by molar-refractivity contribution is -0.138. The van der Waals surface area contributed by atoms with Gasteiger partial charge in [0.1, 0.15) is 11.6 Å². The van der Waals surface area contributed by atoms with Gasteiger partial charge in [0.25, 0.3) is 0 Å². The molecule has 84 valence electrons. The number of allylic oxidation sites excluding steroid dienone is 1. The Morgan fingerprint density at radius 1 is 1.47 bits per heavy atom. The number of esters is 1. The predicted octanol–water partition coefficient (Wildman–Crippen LogP) is 2.88. The fraction of sp³-hybridized carbons (Fsp3) is 0.636. The summed E-state index contributed by atoms with van der Waals surface area (Å²) in [6.45, 7) is 5.93. The molecule has 0 radical (unpaired) electrons. The van der Waals surface area contributed by atoms with Gasteiger partial charge in [0, 0.05) is 4.91 Å². The molecule has 0 amide bonds. The van der Waals surface area contributed by atoms with Crippen molar-refractivity contribution < 1.29 is 9.53 Å². The third-order valence-corrected chi connectivity index (χ3v) is 2.89. The Morgan fingerprint density at radius 2 is 2.13 bits per heavy atom. The van der Waals surface area contributed by atoms with Crippen molar-refractivity contribution in [1.82, 2.24) is 0 Å². The minimum atomic E-state index is -0.513. The van der Waals surface area contributed by atoms with Gasteiger partial charge >= 0.3 is 5.97 Å². The second-order valence-electron chi connectivity index (χ2n) is 2.97. The highest BCUT2D eigenvalue weighted by atomic mass is 32.2. The summed E-state index contributed by atoms with van der Waals surface area (Å²) in [4.78, 5) is 12.1. The summed E-state index contributed by atoms with van der Waals surface area (Å²) in [7, 11) is 0. The summed E-state index contributed by atoms with van der Waals surface area (Å²) in [5, 5.41) is 8.83. The van der Waals surface area contributed by atoms with Gasteiger partial charge in [-0.3, -0.25) is 0 Å². The third-order valence-electron chi connectivity index (χ3n) is 1.76. The van der Waals surface area contributed by atoms with Crippen LogP contribution in [-0.4, -0.2) is 18.3 Å². The zero-order valence-electron chi connectivity index (χ0n) is 9.50. The zero-order valence-corrected chi connectivity index (χ0v) is 10.3. The fourth-order valence-electron chi connectivity index (χ4n) is 0.913. The fourth-order valence-corrected chi connectivity index (χ4v) is 1.93. The van der Waals surface area contributed by atoms with Crippen molar-refractivity contribution in [2.45, 2.75) is 33.6 Å². The lowest BCUT2D eigenvalue weighted by Crippen LogP contribution is -2.07. The van der Waals surface area contributed by atoms with Gasteiger partial charge in [-0.05, 0) is 26.0 Å². The number of thioether (sulfide) groups is 1. The van der Waals surface area contributed by atoms with Crippen molar-refractivity contribution in [3.8, 4) is 6.07 Å². The Labute approximate surface area is 95.5 Å². The molecule has 0 aromatic carbocycles. The molecule has 0 bridgehead atoms. The van der Waals surface area contributed by atoms with Crippen molar-refractivity contribution in [1.29, 1.82) is 5.26 Å². The van der Waals surface area contributed by atoms with Gasteiger partial charge in [0.2, 0.25) is 0 Å². The van der Waals surface area contributed by atoms with Crippen LogP contribution < -0.4 is 0 Å². The normalized spacial score (nSPS) is 11.6. The Morgan fingerprint density at radius 3 is 2.60 bits per heavy atom. The molecule has 0 N–H and O–H groups in total. The lowest BCUT2D eigenvalue weighted by Gasteiger charge is -2.04. The molecule has 0 fully saturated rings. The van der Waals surface area contributed by atoms with E-state index in [-0.39, 0.29) is 5.57 Å². The van der Waals surface area contributed by atoms with Crippen molar-refractivity contribution in [3.63, 3.8) is 0 Å². The van der Waals surface area contributed by atoms with E-state index in [0.717, 1.165) is 23.5 Å². The van der Waals surface area contributed by atoms with E-state index in [0.29, 0.717) is 6.61 Å². The maximum absolute atomic E-state index is 11.3. The van der Waals surface area contributed by atoms with E-state index in [1.807, 2.05) is 6.07 Å². The van der Waals surface area contributed by atoms with E-state index in [9.17, 15) is 4.79 Å². The second kappa shape index (κ2) is 8.37. The Balaban J connectivity index is 4.40. The first kappa shape index (κ1) is 14.1. The first-order valence-electron chi connectivity index (χ1n) is 5.08. The maximum Gasteiger partial charge on any atom is 0.349 e. The van der Waals surface area contributed by atoms with Gasteiger partial charge in [-0.25, -0.2) is 4.79 Å². The summed E-state index contributed by atoms with van der Waals surface area (Å²) < 4.78 is 4.79. The average Bonchev–Trinajstić information content (AvgIpc) is 2.19. The molecule has 3 nitrogen and oxygen atoms in total. The quantitative estimate of drug-likeness (QED) is 0.303. The largest absolute Gasteiger partial charge is 0.462 e. The molecule has 0 saturated carbocycles. The summed E-state index contributed by atoms with van der Waals surface area (Å²) in [5.41, 5.74) is 0.137. The Kier molecular flexibility index (Phi) is 7.84. The van der Waals surface area contributed by atoms with Crippen LogP contribution in [0.1, 0.15) is 33.6 Å². The number of ether oxygens (including phenoxy) is 1. The van der Waals surface area contributed by atoms with Gasteiger partial charge in [-0.15, -0.1) is 11.8 Å². The van der Waals surface area contributed by atoms with Crippen LogP contribution in [0.25, 0.3) is 0 Å². The van der Waals surface area contributed by atoms with E-state index < -0.39 is 5.97 Å². The lowest BCUT2D eigenvalue weighted by atomic mass is 10.3. The number of hydrogen-bond acceptors (Lipinski definition) is 4. The molecule has 0 heterocycles. The number of carbonyl (C=O) groups excluding carboxylic acids is 1. The molecule has 0 aromatic heterocycles. The molecule has 4 heteroatoms. The van der Waals surface area contributed by atoms with E-state index in [1.165, 1.54) is 0 Å². The standard InChI is InChI=1S/C11H17NO2S/c1-4-6-7-15-9(3)10(8-12)11(13)14-5-2/h4-7H2,1-3H3. The van der Waals surface area contributed by atoms with Crippen LogP contribution in [0.2, 0.25) is 0 Å². The number of rotatable bonds is 6. The molecule has 0 spiro atoms. The number of hydrogen-bond donors (Lipinski definition) is 0. The number of nitriles is 1. The monoisotopic (exact) mass is 227 g/mol. The average molecular weight is 227 g/mol. The van der Waals surface area contributed by atoms with E-state index in [1.54, 1.807) is 25.6 Å². The van der Waals surface area contributed by atoms with E-state index >= 15 is 0 Å². The number of nitrogens with zero attached hydrogens (tertiary/aromatic N) is 1. The van der Waals surface area contributed by atoms with Gasteiger partial charge in [0.05, 0.1) is 6.61 Å². The number of unbranched alkanes of at least 4 members (excludes halogenated alkanes) is 1. The van der Waals surface area contributed by atoms with Gasteiger partial charge in [-0.1, -0.05) is 13.3 Å². The topological polar surface area (TPSA) is 50.1 Å². The molecule has 0 rings (SSSR count). The van der Waals surface area contributed by atoms with Crippen LogP contribution in [0.15, 0.2) is 10.5 Å². The highest BCUT2D eigenvalue weighted by Crippen LogP contribution is 2.21. The molecule has 0 aliphatic carbocycles. The highest BCUT2D eigenvalue weighted by Gasteiger charge is 2.13. The summed E-state index contributed by atoms with van der Waals surface area (Å²) in [6.07, 6.45) is 2.20. The van der Waals surface area contributed by atoms with Crippen molar-refractivity contribution >= 4 is 17.7 Å². The highest BCUT2D eigenvalue weighted by molar-refractivity contribution is 8.03.